The van der Waals surface area contributed by atoms with Gasteiger partial charge in [-0.3, -0.25) is 4.79 Å². The lowest BCUT2D eigenvalue weighted by molar-refractivity contribution is -0.134. The second-order valence-corrected chi connectivity index (χ2v) is 5.24. The molecule has 2 atom stereocenters. The molecule has 106 valence electrons. The fourth-order valence-electron chi connectivity index (χ4n) is 2.71. The maximum atomic E-state index is 12.2. The fourth-order valence-corrected chi connectivity index (χ4v) is 2.71. The van der Waals surface area contributed by atoms with Gasteiger partial charge in [-0.25, -0.2) is 0 Å². The van der Waals surface area contributed by atoms with Crippen molar-refractivity contribution in [3.8, 4) is 0 Å². The molecule has 1 rings (SSSR count). The summed E-state index contributed by atoms with van der Waals surface area (Å²) >= 11 is 0. The van der Waals surface area contributed by atoms with Crippen molar-refractivity contribution in [2.75, 3.05) is 33.4 Å². The number of likely N-dealkylation sites (N-methyl/N-ethyl adjacent to an activating group) is 1. The van der Waals surface area contributed by atoms with E-state index < -0.39 is 0 Å². The molecule has 1 amide bonds. The molecule has 0 bridgehead atoms. The number of hydrogen-bond donors (Lipinski definition) is 1. The topological polar surface area (TPSA) is 41.6 Å². The third kappa shape index (κ3) is 4.94. The first-order valence-electron chi connectivity index (χ1n) is 7.18. The van der Waals surface area contributed by atoms with Gasteiger partial charge in [-0.1, -0.05) is 0 Å². The molecule has 1 fully saturated rings. The molecule has 1 saturated heterocycles. The second kappa shape index (κ2) is 8.48. The minimum atomic E-state index is 0.178. The predicted octanol–water partition coefficient (Wildman–Crippen LogP) is 1.65. The molecule has 18 heavy (non-hydrogen) atoms. The molecular weight excluding hydrogens is 228 g/mol. The number of nitrogens with one attached hydrogen (secondary N) is 1. The molecule has 1 aliphatic heterocycles. The summed E-state index contributed by atoms with van der Waals surface area (Å²) in [6.07, 6.45) is 4.20. The van der Waals surface area contributed by atoms with Crippen molar-refractivity contribution in [1.82, 2.24) is 10.2 Å². The van der Waals surface area contributed by atoms with E-state index in [0.29, 0.717) is 18.9 Å². The Morgan fingerprint density at radius 1 is 1.56 bits per heavy atom. The van der Waals surface area contributed by atoms with Crippen LogP contribution >= 0.6 is 0 Å². The number of carbonyl (C=O) groups excluding carboxylic acids is 1. The molecule has 1 aliphatic rings. The number of methoxy groups -OCH3 is 1. The number of carbonyl (C=O) groups is 1. The maximum Gasteiger partial charge on any atom is 0.222 e. The van der Waals surface area contributed by atoms with Crippen LogP contribution in [0.5, 0.6) is 0 Å². The van der Waals surface area contributed by atoms with Crippen molar-refractivity contribution < 1.29 is 9.53 Å². The zero-order valence-electron chi connectivity index (χ0n) is 12.1. The van der Waals surface area contributed by atoms with Crippen LogP contribution in [0.4, 0.5) is 0 Å². The molecule has 0 aromatic rings. The summed E-state index contributed by atoms with van der Waals surface area (Å²) in [5, 5.41) is 3.40. The van der Waals surface area contributed by atoms with Crippen LogP contribution in [0.15, 0.2) is 0 Å². The lowest BCUT2D eigenvalue weighted by Gasteiger charge is -2.29. The zero-order chi connectivity index (χ0) is 13.4. The van der Waals surface area contributed by atoms with Gasteiger partial charge in [0.2, 0.25) is 5.91 Å². The molecule has 1 heterocycles. The van der Waals surface area contributed by atoms with Crippen LogP contribution in [-0.2, 0) is 9.53 Å². The average Bonchev–Trinajstić information content (AvgIpc) is 2.39. The summed E-state index contributed by atoms with van der Waals surface area (Å²) in [6, 6.07) is 0.178. The molecule has 4 heteroatoms. The van der Waals surface area contributed by atoms with E-state index >= 15 is 0 Å². The van der Waals surface area contributed by atoms with Crippen molar-refractivity contribution in [3.05, 3.63) is 0 Å². The van der Waals surface area contributed by atoms with E-state index in [1.54, 1.807) is 7.11 Å². The Kier molecular flexibility index (Phi) is 7.28. The van der Waals surface area contributed by atoms with E-state index in [4.69, 9.17) is 4.74 Å². The van der Waals surface area contributed by atoms with Gasteiger partial charge in [-0.05, 0) is 52.1 Å². The van der Waals surface area contributed by atoms with E-state index in [1.807, 2.05) is 18.7 Å². The van der Waals surface area contributed by atoms with Crippen LogP contribution in [0.1, 0.15) is 39.5 Å². The van der Waals surface area contributed by atoms with Gasteiger partial charge >= 0.3 is 0 Å². The molecular formula is C14H28N2O2. The molecule has 0 saturated carbocycles. The number of amides is 1. The average molecular weight is 256 g/mol. The second-order valence-electron chi connectivity index (χ2n) is 5.24. The Labute approximate surface area is 111 Å². The SMILES string of the molecule is CCN(C(=O)CCC1CCCNC1)C(C)COC. The van der Waals surface area contributed by atoms with Gasteiger partial charge in [0, 0.05) is 20.1 Å². The van der Waals surface area contributed by atoms with Gasteiger partial charge in [0.1, 0.15) is 0 Å². The van der Waals surface area contributed by atoms with Crippen molar-refractivity contribution in [3.63, 3.8) is 0 Å². The fraction of sp³-hybridized carbons (Fsp3) is 0.929. The van der Waals surface area contributed by atoms with Gasteiger partial charge in [0.05, 0.1) is 12.6 Å². The monoisotopic (exact) mass is 256 g/mol. The van der Waals surface area contributed by atoms with E-state index in [9.17, 15) is 4.79 Å². The van der Waals surface area contributed by atoms with E-state index in [-0.39, 0.29) is 11.9 Å². The Morgan fingerprint density at radius 2 is 2.33 bits per heavy atom. The highest BCUT2D eigenvalue weighted by Crippen LogP contribution is 2.17. The lowest BCUT2D eigenvalue weighted by Crippen LogP contribution is -2.41. The molecule has 0 radical (unpaired) electrons. The summed E-state index contributed by atoms with van der Waals surface area (Å²) in [5.74, 6) is 0.951. The number of rotatable bonds is 7. The molecule has 0 aromatic carbocycles. The van der Waals surface area contributed by atoms with E-state index in [1.165, 1.54) is 12.8 Å². The minimum Gasteiger partial charge on any atom is -0.383 e. The van der Waals surface area contributed by atoms with Gasteiger partial charge in [-0.15, -0.1) is 0 Å². The molecule has 2 unspecified atom stereocenters. The van der Waals surface area contributed by atoms with Crippen molar-refractivity contribution >= 4 is 5.91 Å². The normalized spacial score (nSPS) is 21.6. The van der Waals surface area contributed by atoms with E-state index in [0.717, 1.165) is 26.1 Å². The zero-order valence-corrected chi connectivity index (χ0v) is 12.1. The van der Waals surface area contributed by atoms with Gasteiger partial charge in [-0.2, -0.15) is 0 Å². The Morgan fingerprint density at radius 3 is 2.89 bits per heavy atom. The molecule has 0 aliphatic carbocycles. The van der Waals surface area contributed by atoms with Crippen molar-refractivity contribution in [2.24, 2.45) is 5.92 Å². The van der Waals surface area contributed by atoms with Crippen LogP contribution in [0.2, 0.25) is 0 Å². The summed E-state index contributed by atoms with van der Waals surface area (Å²) in [5.41, 5.74) is 0. The highest BCUT2D eigenvalue weighted by Gasteiger charge is 2.20. The minimum absolute atomic E-state index is 0.178. The highest BCUT2D eigenvalue weighted by molar-refractivity contribution is 5.76. The van der Waals surface area contributed by atoms with Crippen molar-refractivity contribution in [1.29, 1.82) is 0 Å². The van der Waals surface area contributed by atoms with Gasteiger partial charge in [0.25, 0.3) is 0 Å². The number of hydrogen-bond acceptors (Lipinski definition) is 3. The smallest absolute Gasteiger partial charge is 0.222 e. The summed E-state index contributed by atoms with van der Waals surface area (Å²) < 4.78 is 5.13. The highest BCUT2D eigenvalue weighted by atomic mass is 16.5. The third-order valence-electron chi connectivity index (χ3n) is 3.77. The number of ether oxygens (including phenoxy) is 1. The summed E-state index contributed by atoms with van der Waals surface area (Å²) in [6.45, 7) is 7.68. The lowest BCUT2D eigenvalue weighted by atomic mass is 9.94. The first-order valence-corrected chi connectivity index (χ1v) is 7.18. The first kappa shape index (κ1) is 15.4. The first-order chi connectivity index (χ1) is 8.69. The summed E-state index contributed by atoms with van der Waals surface area (Å²) in [4.78, 5) is 14.1. The van der Waals surface area contributed by atoms with Crippen LogP contribution in [-0.4, -0.2) is 50.2 Å². The van der Waals surface area contributed by atoms with E-state index in [2.05, 4.69) is 5.32 Å². The Bertz CT molecular complexity index is 240. The van der Waals surface area contributed by atoms with Gasteiger partial charge in [0.15, 0.2) is 0 Å². The quantitative estimate of drug-likeness (QED) is 0.753. The van der Waals surface area contributed by atoms with Crippen LogP contribution in [0, 0.1) is 5.92 Å². The predicted molar refractivity (Wildman–Crippen MR) is 73.6 cm³/mol. The number of nitrogens with zero attached hydrogens (tertiary/aromatic N) is 1. The van der Waals surface area contributed by atoms with Crippen LogP contribution < -0.4 is 5.32 Å². The maximum absolute atomic E-state index is 12.2. The Balaban J connectivity index is 2.32. The van der Waals surface area contributed by atoms with Crippen LogP contribution in [0.3, 0.4) is 0 Å². The molecule has 4 nitrogen and oxygen atoms in total. The largest absolute Gasteiger partial charge is 0.383 e. The van der Waals surface area contributed by atoms with Crippen molar-refractivity contribution in [2.45, 2.75) is 45.6 Å². The molecule has 0 spiro atoms. The molecule has 1 N–H and O–H groups in total. The summed E-state index contributed by atoms with van der Waals surface area (Å²) in [7, 11) is 1.68. The number of piperidine rings is 1. The molecule has 0 aromatic heterocycles. The van der Waals surface area contributed by atoms with Crippen LogP contribution in [0.25, 0.3) is 0 Å². The third-order valence-corrected chi connectivity index (χ3v) is 3.77. The standard InChI is InChI=1S/C14H28N2O2/c1-4-16(12(2)11-18-3)14(17)8-7-13-6-5-9-15-10-13/h12-13,15H,4-11H2,1-3H3. The Hall–Kier alpha value is -0.610. The van der Waals surface area contributed by atoms with Gasteiger partial charge < -0.3 is 15.0 Å².